The third-order valence-electron chi connectivity index (χ3n) is 3.58. The largest absolute Gasteiger partial charge is 0.351 e. The van der Waals surface area contributed by atoms with Crippen molar-refractivity contribution in [3.63, 3.8) is 0 Å². The molecule has 3 aromatic rings. The Balaban J connectivity index is 1.53. The number of aromatic amines is 1. The Morgan fingerprint density at radius 1 is 1.24 bits per heavy atom. The number of rotatable bonds is 6. The van der Waals surface area contributed by atoms with Crippen molar-refractivity contribution in [2.24, 2.45) is 0 Å². The summed E-state index contributed by atoms with van der Waals surface area (Å²) in [6, 6.07) is 10.5. The second-order valence-electron chi connectivity index (χ2n) is 5.37. The fourth-order valence-corrected chi connectivity index (χ4v) is 2.29. The first kappa shape index (κ1) is 16.6. The Kier molecular flexibility index (Phi) is 4.98. The van der Waals surface area contributed by atoms with Gasteiger partial charge in [-0.25, -0.2) is 9.07 Å². The number of H-pyrrole nitrogens is 1. The van der Waals surface area contributed by atoms with Crippen molar-refractivity contribution >= 4 is 5.91 Å². The monoisotopic (exact) mass is 341 g/mol. The summed E-state index contributed by atoms with van der Waals surface area (Å²) in [4.78, 5) is 23.6. The van der Waals surface area contributed by atoms with Crippen molar-refractivity contribution in [1.82, 2.24) is 25.3 Å². The van der Waals surface area contributed by atoms with E-state index in [0.29, 0.717) is 36.5 Å². The molecule has 0 spiro atoms. The van der Waals surface area contributed by atoms with E-state index < -0.39 is 0 Å². The molecule has 0 saturated heterocycles. The number of nitrogens with one attached hydrogen (secondary N) is 2. The number of hydrogen-bond acceptors (Lipinski definition) is 4. The summed E-state index contributed by atoms with van der Waals surface area (Å²) in [5.74, 6) is -0.626. The molecule has 8 heteroatoms. The second-order valence-corrected chi connectivity index (χ2v) is 5.37. The number of carbonyl (C=O) groups is 1. The standard InChI is InChI=1S/C17H16FN5O2/c18-13-6-4-12(5-7-13)14-11-15(22-21-14)17(25)19-8-2-10-23-16(24)3-1-9-20-23/h1,3-7,9,11H,2,8,10H2,(H,19,25)(H,21,22). The summed E-state index contributed by atoms with van der Waals surface area (Å²) in [5, 5.41) is 13.4. The van der Waals surface area contributed by atoms with Gasteiger partial charge in [-0.1, -0.05) is 0 Å². The van der Waals surface area contributed by atoms with Crippen molar-refractivity contribution in [2.45, 2.75) is 13.0 Å². The SMILES string of the molecule is O=C(NCCCn1ncccc1=O)c1cc(-c2ccc(F)cc2)n[nH]1. The number of carbonyl (C=O) groups excluding carboxylic acids is 1. The van der Waals surface area contributed by atoms with Crippen LogP contribution >= 0.6 is 0 Å². The van der Waals surface area contributed by atoms with Gasteiger partial charge in [0.15, 0.2) is 0 Å². The topological polar surface area (TPSA) is 92.7 Å². The maximum absolute atomic E-state index is 12.9. The molecule has 7 nitrogen and oxygen atoms in total. The van der Waals surface area contributed by atoms with Crippen LogP contribution in [0.5, 0.6) is 0 Å². The molecular formula is C17H16FN5O2. The maximum Gasteiger partial charge on any atom is 0.269 e. The molecule has 0 aliphatic rings. The predicted octanol–water partition coefficient (Wildman–Crippen LogP) is 1.59. The Morgan fingerprint density at radius 2 is 2.04 bits per heavy atom. The van der Waals surface area contributed by atoms with Crippen LogP contribution in [0, 0.1) is 5.82 Å². The van der Waals surface area contributed by atoms with E-state index in [2.05, 4.69) is 20.6 Å². The first-order valence-corrected chi connectivity index (χ1v) is 7.75. The smallest absolute Gasteiger partial charge is 0.269 e. The summed E-state index contributed by atoms with van der Waals surface area (Å²) in [6.07, 6.45) is 2.11. The molecule has 25 heavy (non-hydrogen) atoms. The van der Waals surface area contributed by atoms with E-state index in [1.54, 1.807) is 30.5 Å². The highest BCUT2D eigenvalue weighted by Gasteiger charge is 2.10. The van der Waals surface area contributed by atoms with Gasteiger partial charge in [0.05, 0.1) is 5.69 Å². The summed E-state index contributed by atoms with van der Waals surface area (Å²) in [6.45, 7) is 0.816. The van der Waals surface area contributed by atoms with Crippen molar-refractivity contribution in [1.29, 1.82) is 0 Å². The van der Waals surface area contributed by atoms with Crippen LogP contribution in [0.2, 0.25) is 0 Å². The summed E-state index contributed by atoms with van der Waals surface area (Å²) in [5.41, 5.74) is 1.41. The van der Waals surface area contributed by atoms with E-state index in [1.165, 1.54) is 22.9 Å². The van der Waals surface area contributed by atoms with Gasteiger partial charge < -0.3 is 5.32 Å². The van der Waals surface area contributed by atoms with Crippen LogP contribution in [0.25, 0.3) is 11.3 Å². The van der Waals surface area contributed by atoms with E-state index in [-0.39, 0.29) is 17.3 Å². The normalized spacial score (nSPS) is 10.6. The number of nitrogens with zero attached hydrogens (tertiary/aromatic N) is 3. The number of amides is 1. The molecule has 2 heterocycles. The average Bonchev–Trinajstić information content (AvgIpc) is 3.11. The number of aromatic nitrogens is 4. The number of hydrogen-bond donors (Lipinski definition) is 2. The predicted molar refractivity (Wildman–Crippen MR) is 89.4 cm³/mol. The lowest BCUT2D eigenvalue weighted by Crippen LogP contribution is -2.28. The van der Waals surface area contributed by atoms with Crippen molar-refractivity contribution in [2.75, 3.05) is 6.54 Å². The maximum atomic E-state index is 12.9. The highest BCUT2D eigenvalue weighted by molar-refractivity contribution is 5.93. The van der Waals surface area contributed by atoms with Crippen LogP contribution < -0.4 is 10.9 Å². The first-order valence-electron chi connectivity index (χ1n) is 7.75. The van der Waals surface area contributed by atoms with Gasteiger partial charge in [0.2, 0.25) is 0 Å². The molecule has 1 amide bonds. The van der Waals surface area contributed by atoms with E-state index in [4.69, 9.17) is 0 Å². The molecule has 0 aliphatic carbocycles. The van der Waals surface area contributed by atoms with Gasteiger partial charge >= 0.3 is 0 Å². The zero-order chi connectivity index (χ0) is 17.6. The van der Waals surface area contributed by atoms with Gasteiger partial charge in [-0.15, -0.1) is 0 Å². The van der Waals surface area contributed by atoms with Gasteiger partial charge in [-0.2, -0.15) is 10.2 Å². The Morgan fingerprint density at radius 3 is 2.80 bits per heavy atom. The molecule has 0 saturated carbocycles. The minimum atomic E-state index is -0.329. The van der Waals surface area contributed by atoms with Crippen LogP contribution in [0.15, 0.2) is 53.5 Å². The highest BCUT2D eigenvalue weighted by Crippen LogP contribution is 2.17. The minimum Gasteiger partial charge on any atom is -0.351 e. The Bertz CT molecular complexity index is 917. The third kappa shape index (κ3) is 4.17. The van der Waals surface area contributed by atoms with Gasteiger partial charge in [-0.05, 0) is 42.8 Å². The second kappa shape index (κ2) is 7.52. The van der Waals surface area contributed by atoms with Crippen LogP contribution in [-0.2, 0) is 6.54 Å². The molecule has 0 aliphatic heterocycles. The van der Waals surface area contributed by atoms with Crippen LogP contribution in [0.1, 0.15) is 16.9 Å². The van der Waals surface area contributed by atoms with Crippen molar-refractivity contribution < 1.29 is 9.18 Å². The number of benzene rings is 1. The average molecular weight is 341 g/mol. The molecule has 3 rings (SSSR count). The van der Waals surface area contributed by atoms with Gasteiger partial charge in [0, 0.05) is 30.9 Å². The zero-order valence-corrected chi connectivity index (χ0v) is 13.3. The van der Waals surface area contributed by atoms with E-state index in [0.717, 1.165) is 0 Å². The summed E-state index contributed by atoms with van der Waals surface area (Å²) in [7, 11) is 0. The van der Waals surface area contributed by atoms with Crippen LogP contribution in [0.4, 0.5) is 4.39 Å². The molecule has 2 aromatic heterocycles. The molecule has 1 aromatic carbocycles. The molecule has 0 atom stereocenters. The minimum absolute atomic E-state index is 0.175. The number of aryl methyl sites for hydroxylation is 1. The highest BCUT2D eigenvalue weighted by atomic mass is 19.1. The van der Waals surface area contributed by atoms with Gasteiger partial charge in [0.1, 0.15) is 11.5 Å². The Hall–Kier alpha value is -3.29. The zero-order valence-electron chi connectivity index (χ0n) is 13.3. The van der Waals surface area contributed by atoms with Gasteiger partial charge in [0.25, 0.3) is 11.5 Å². The molecule has 0 unspecified atom stereocenters. The lowest BCUT2D eigenvalue weighted by molar-refractivity contribution is 0.0947. The molecular weight excluding hydrogens is 325 g/mol. The Labute approximate surface area is 142 Å². The lowest BCUT2D eigenvalue weighted by atomic mass is 10.1. The first-order chi connectivity index (χ1) is 12.1. The van der Waals surface area contributed by atoms with Crippen LogP contribution in [-0.4, -0.2) is 32.4 Å². The molecule has 2 N–H and O–H groups in total. The van der Waals surface area contributed by atoms with Gasteiger partial charge in [-0.3, -0.25) is 14.7 Å². The molecule has 0 radical (unpaired) electrons. The fourth-order valence-electron chi connectivity index (χ4n) is 2.29. The molecule has 128 valence electrons. The van der Waals surface area contributed by atoms with E-state index in [1.807, 2.05) is 0 Å². The number of halogens is 1. The lowest BCUT2D eigenvalue weighted by Gasteiger charge is -2.04. The molecule has 0 bridgehead atoms. The van der Waals surface area contributed by atoms with Crippen molar-refractivity contribution in [3.05, 3.63) is 70.5 Å². The van der Waals surface area contributed by atoms with Crippen LogP contribution in [0.3, 0.4) is 0 Å². The summed E-state index contributed by atoms with van der Waals surface area (Å²) >= 11 is 0. The molecule has 0 fully saturated rings. The van der Waals surface area contributed by atoms with E-state index >= 15 is 0 Å². The van der Waals surface area contributed by atoms with E-state index in [9.17, 15) is 14.0 Å². The summed E-state index contributed by atoms with van der Waals surface area (Å²) < 4.78 is 14.3. The fraction of sp³-hybridized carbons (Fsp3) is 0.176. The third-order valence-corrected chi connectivity index (χ3v) is 3.58. The van der Waals surface area contributed by atoms with Crippen molar-refractivity contribution in [3.8, 4) is 11.3 Å². The quantitative estimate of drug-likeness (QED) is 0.666.